The molecule has 0 saturated heterocycles. The van der Waals surface area contributed by atoms with Crippen LogP contribution in [0.4, 0.5) is 0 Å². The number of ether oxygens (including phenoxy) is 1. The van der Waals surface area contributed by atoms with Crippen LogP contribution in [0, 0.1) is 0 Å². The fourth-order valence-corrected chi connectivity index (χ4v) is 2.57. The van der Waals surface area contributed by atoms with Crippen LogP contribution in [0.25, 0.3) is 0 Å². The summed E-state index contributed by atoms with van der Waals surface area (Å²) in [5.74, 6) is 0. The van der Waals surface area contributed by atoms with Gasteiger partial charge in [0.1, 0.15) is 0 Å². The minimum Gasteiger partial charge on any atom is -0.501 e. The first-order chi connectivity index (χ1) is 8.22. The van der Waals surface area contributed by atoms with Gasteiger partial charge in [0.2, 0.25) is 0 Å². The van der Waals surface area contributed by atoms with Gasteiger partial charge in [0.25, 0.3) is 0 Å². The van der Waals surface area contributed by atoms with Crippen molar-refractivity contribution in [2.24, 2.45) is 0 Å². The third-order valence-corrected chi connectivity index (χ3v) is 4.11. The average Bonchev–Trinajstić information content (AvgIpc) is 2.36. The Morgan fingerprint density at radius 3 is 2.88 bits per heavy atom. The maximum absolute atomic E-state index is 6.01. The van der Waals surface area contributed by atoms with E-state index in [9.17, 15) is 0 Å². The van der Waals surface area contributed by atoms with Gasteiger partial charge in [0, 0.05) is 4.47 Å². The maximum atomic E-state index is 6.01. The molecule has 0 spiro atoms. The highest BCUT2D eigenvalue weighted by atomic mass is 79.9. The van der Waals surface area contributed by atoms with E-state index in [1.54, 1.807) is 0 Å². The molecule has 17 heavy (non-hydrogen) atoms. The third kappa shape index (κ3) is 3.03. The lowest BCUT2D eigenvalue weighted by molar-refractivity contribution is 0.220. The lowest BCUT2D eigenvalue weighted by Gasteiger charge is -2.23. The molecular formula is C13H15BrClNO. The van der Waals surface area contributed by atoms with Crippen LogP contribution >= 0.6 is 27.5 Å². The number of hydrogen-bond acceptors (Lipinski definition) is 2. The Bertz CT molecular complexity index is 433. The maximum Gasteiger partial charge on any atom is 0.0876 e. The van der Waals surface area contributed by atoms with E-state index < -0.39 is 0 Å². The van der Waals surface area contributed by atoms with E-state index in [0.29, 0.717) is 0 Å². The minimum absolute atomic E-state index is 0.198. The Morgan fingerprint density at radius 2 is 2.29 bits per heavy atom. The molecule has 0 radical (unpaired) electrons. The van der Waals surface area contributed by atoms with Gasteiger partial charge in [-0.15, -0.1) is 0 Å². The van der Waals surface area contributed by atoms with Crippen LogP contribution < -0.4 is 5.32 Å². The summed E-state index contributed by atoms with van der Waals surface area (Å²) in [5.41, 5.74) is 2.48. The summed E-state index contributed by atoms with van der Waals surface area (Å²) in [6.07, 6.45) is 4.04. The van der Waals surface area contributed by atoms with Gasteiger partial charge >= 0.3 is 0 Å². The lowest BCUT2D eigenvalue weighted by Crippen LogP contribution is -2.20. The van der Waals surface area contributed by atoms with Crippen molar-refractivity contribution in [3.8, 4) is 0 Å². The monoisotopic (exact) mass is 315 g/mol. The van der Waals surface area contributed by atoms with Gasteiger partial charge < -0.3 is 10.1 Å². The van der Waals surface area contributed by atoms with Crippen molar-refractivity contribution in [2.75, 3.05) is 13.7 Å². The van der Waals surface area contributed by atoms with Gasteiger partial charge in [-0.2, -0.15) is 0 Å². The number of hydrogen-bond donors (Lipinski definition) is 1. The smallest absolute Gasteiger partial charge is 0.0876 e. The zero-order valence-corrected chi connectivity index (χ0v) is 12.0. The molecule has 4 heteroatoms. The standard InChI is InChI=1S/C13H15BrClNO/c1-16-13(10-3-2-6-17-8-10)9-4-5-12(15)11(14)7-9/h4-5,7-8,13,16H,2-3,6H2,1H3. The third-order valence-electron chi connectivity index (χ3n) is 2.90. The molecule has 0 aliphatic carbocycles. The van der Waals surface area contributed by atoms with Crippen LogP contribution in [0.2, 0.25) is 5.02 Å². The molecule has 1 N–H and O–H groups in total. The van der Waals surface area contributed by atoms with Crippen LogP contribution in [0.1, 0.15) is 24.4 Å². The summed E-state index contributed by atoms with van der Waals surface area (Å²) in [5, 5.41) is 4.06. The first-order valence-corrected chi connectivity index (χ1v) is 6.82. The molecular weight excluding hydrogens is 302 g/mol. The van der Waals surface area contributed by atoms with Crippen molar-refractivity contribution in [3.05, 3.63) is 45.1 Å². The van der Waals surface area contributed by atoms with Crippen LogP contribution in [-0.2, 0) is 4.74 Å². The molecule has 2 rings (SSSR count). The highest BCUT2D eigenvalue weighted by molar-refractivity contribution is 9.10. The molecule has 2 nitrogen and oxygen atoms in total. The highest BCUT2D eigenvalue weighted by Crippen LogP contribution is 2.31. The average molecular weight is 317 g/mol. The molecule has 1 aromatic rings. The second kappa shape index (κ2) is 5.89. The predicted octanol–water partition coefficient (Wildman–Crippen LogP) is 4.06. The zero-order chi connectivity index (χ0) is 12.3. The fraction of sp³-hybridized carbons (Fsp3) is 0.385. The van der Waals surface area contributed by atoms with Crippen molar-refractivity contribution < 1.29 is 4.74 Å². The van der Waals surface area contributed by atoms with E-state index in [0.717, 1.165) is 28.9 Å². The Morgan fingerprint density at radius 1 is 1.47 bits per heavy atom. The SMILES string of the molecule is CNC(C1=COCCC1)c1ccc(Cl)c(Br)c1. The van der Waals surface area contributed by atoms with E-state index in [-0.39, 0.29) is 6.04 Å². The van der Waals surface area contributed by atoms with Gasteiger partial charge in [-0.3, -0.25) is 0 Å². The van der Waals surface area contributed by atoms with E-state index in [4.69, 9.17) is 16.3 Å². The molecule has 1 heterocycles. The quantitative estimate of drug-likeness (QED) is 0.908. The summed E-state index contributed by atoms with van der Waals surface area (Å²) < 4.78 is 6.33. The number of halogens is 2. The van der Waals surface area contributed by atoms with E-state index >= 15 is 0 Å². The summed E-state index contributed by atoms with van der Waals surface area (Å²) in [6.45, 7) is 0.824. The second-order valence-corrected chi connectivity index (χ2v) is 5.32. The Balaban J connectivity index is 2.28. The molecule has 92 valence electrons. The van der Waals surface area contributed by atoms with Gasteiger partial charge in [0.05, 0.1) is 23.9 Å². The van der Waals surface area contributed by atoms with Gasteiger partial charge in [0.15, 0.2) is 0 Å². The van der Waals surface area contributed by atoms with Crippen LogP contribution in [0.3, 0.4) is 0 Å². The number of likely N-dealkylation sites (N-methyl/N-ethyl adjacent to an activating group) is 1. The molecule has 0 bridgehead atoms. The minimum atomic E-state index is 0.198. The van der Waals surface area contributed by atoms with Crippen molar-refractivity contribution in [1.29, 1.82) is 0 Å². The number of nitrogens with one attached hydrogen (secondary N) is 1. The summed E-state index contributed by atoms with van der Waals surface area (Å²) >= 11 is 9.46. The van der Waals surface area contributed by atoms with Crippen LogP contribution in [-0.4, -0.2) is 13.7 Å². The van der Waals surface area contributed by atoms with Crippen molar-refractivity contribution in [2.45, 2.75) is 18.9 Å². The molecule has 0 fully saturated rings. The Hall–Kier alpha value is -0.510. The molecule has 0 saturated carbocycles. The van der Waals surface area contributed by atoms with E-state index in [1.807, 2.05) is 25.4 Å². The Labute approximate surface area is 115 Å². The summed E-state index contributed by atoms with van der Waals surface area (Å²) in [4.78, 5) is 0. The topological polar surface area (TPSA) is 21.3 Å². The second-order valence-electron chi connectivity index (χ2n) is 4.06. The molecule has 1 aliphatic rings. The van der Waals surface area contributed by atoms with Gasteiger partial charge in [-0.25, -0.2) is 0 Å². The molecule has 0 aromatic heterocycles. The number of benzene rings is 1. The van der Waals surface area contributed by atoms with Gasteiger partial charge in [-0.05, 0) is 59.1 Å². The molecule has 1 atom stereocenters. The lowest BCUT2D eigenvalue weighted by atomic mass is 9.95. The Kier molecular flexibility index (Phi) is 4.48. The predicted molar refractivity (Wildman–Crippen MR) is 74.2 cm³/mol. The highest BCUT2D eigenvalue weighted by Gasteiger charge is 2.18. The normalized spacial score (nSPS) is 17.2. The summed E-state index contributed by atoms with van der Waals surface area (Å²) in [6, 6.07) is 6.21. The number of rotatable bonds is 3. The summed E-state index contributed by atoms with van der Waals surface area (Å²) in [7, 11) is 1.96. The first-order valence-electron chi connectivity index (χ1n) is 5.65. The van der Waals surface area contributed by atoms with Crippen molar-refractivity contribution in [3.63, 3.8) is 0 Å². The van der Waals surface area contributed by atoms with E-state index in [2.05, 4.69) is 27.3 Å². The van der Waals surface area contributed by atoms with E-state index in [1.165, 1.54) is 11.1 Å². The first kappa shape index (κ1) is 12.9. The molecule has 0 amide bonds. The van der Waals surface area contributed by atoms with Gasteiger partial charge in [-0.1, -0.05) is 17.7 Å². The zero-order valence-electron chi connectivity index (χ0n) is 9.67. The molecule has 1 aliphatic heterocycles. The largest absolute Gasteiger partial charge is 0.501 e. The molecule has 1 aromatic carbocycles. The fourth-order valence-electron chi connectivity index (χ4n) is 2.05. The molecule has 1 unspecified atom stereocenters. The van der Waals surface area contributed by atoms with Crippen LogP contribution in [0.5, 0.6) is 0 Å². The van der Waals surface area contributed by atoms with Crippen molar-refractivity contribution in [1.82, 2.24) is 5.32 Å². The van der Waals surface area contributed by atoms with Crippen molar-refractivity contribution >= 4 is 27.5 Å². The van der Waals surface area contributed by atoms with Crippen LogP contribution in [0.15, 0.2) is 34.5 Å².